The molecule has 5 aromatic carbocycles. The molecular weight excluding hydrogens is 723 g/mol. The molecule has 5 aromatic rings. The van der Waals surface area contributed by atoms with Crippen LogP contribution in [0.1, 0.15) is 79.0 Å². The van der Waals surface area contributed by atoms with E-state index in [9.17, 15) is 14.2 Å². The summed E-state index contributed by atoms with van der Waals surface area (Å²) in [7, 11) is -4.21. The van der Waals surface area contributed by atoms with Crippen LogP contribution in [0.3, 0.4) is 0 Å². The number of hydrogen-bond acceptors (Lipinski definition) is 8. The van der Waals surface area contributed by atoms with Crippen molar-refractivity contribution in [3.63, 3.8) is 0 Å². The Bertz CT molecular complexity index is 2150. The topological polar surface area (TPSA) is 104 Å². The van der Waals surface area contributed by atoms with Gasteiger partial charge in [0.1, 0.15) is 11.3 Å². The summed E-state index contributed by atoms with van der Waals surface area (Å²) >= 11 is 0. The van der Waals surface area contributed by atoms with E-state index >= 15 is 0 Å². The highest BCUT2D eigenvalue weighted by molar-refractivity contribution is 7.48. The molecule has 10 heteroatoms. The number of hydrazone groups is 1. The number of benzene rings is 5. The van der Waals surface area contributed by atoms with Crippen molar-refractivity contribution < 1.29 is 32.5 Å². The van der Waals surface area contributed by atoms with Gasteiger partial charge in [-0.05, 0) is 53.3 Å². The number of carbonyl (C=O) groups excluding carboxylic acids is 2. The third-order valence-electron chi connectivity index (χ3n) is 9.96. The van der Waals surface area contributed by atoms with Gasteiger partial charge in [0, 0.05) is 30.7 Å². The fourth-order valence-corrected chi connectivity index (χ4v) is 8.62. The number of phosphoric ester groups is 1. The average Bonchev–Trinajstić information content (AvgIpc) is 3.58. The van der Waals surface area contributed by atoms with E-state index in [2.05, 4.69) is 0 Å². The summed E-state index contributed by atoms with van der Waals surface area (Å²) in [5.74, 6) is -0.321. The Balaban J connectivity index is 1.21. The molecule has 6 rings (SSSR count). The summed E-state index contributed by atoms with van der Waals surface area (Å²) in [6, 6.07) is 42.2. The molecule has 1 amide bonds. The number of amides is 1. The van der Waals surface area contributed by atoms with Crippen molar-refractivity contribution in [1.82, 2.24) is 5.01 Å². The van der Waals surface area contributed by atoms with Crippen molar-refractivity contribution in [2.75, 3.05) is 6.61 Å². The maximum absolute atomic E-state index is 14.5. The zero-order valence-corrected chi connectivity index (χ0v) is 33.5. The monoisotopic (exact) mass is 772 g/mol. The van der Waals surface area contributed by atoms with Gasteiger partial charge < -0.3 is 9.26 Å². The second-order valence-electron chi connectivity index (χ2n) is 14.9. The van der Waals surface area contributed by atoms with E-state index in [0.29, 0.717) is 24.2 Å². The minimum Gasteiger partial charge on any atom is -0.466 e. The van der Waals surface area contributed by atoms with Gasteiger partial charge >= 0.3 is 13.8 Å². The maximum Gasteiger partial charge on any atom is 0.530 e. The van der Waals surface area contributed by atoms with Gasteiger partial charge in [0.05, 0.1) is 32.0 Å². The molecule has 9 nitrogen and oxygen atoms in total. The fraction of sp³-hybridized carbons (Fsp3) is 0.283. The quantitative estimate of drug-likeness (QED) is 0.0726. The highest BCUT2D eigenvalue weighted by Crippen LogP contribution is 2.53. The Morgan fingerprint density at radius 1 is 0.786 bits per heavy atom. The molecule has 290 valence electrons. The van der Waals surface area contributed by atoms with Crippen LogP contribution in [-0.4, -0.2) is 29.2 Å². The Hall–Kier alpha value is -5.34. The number of esters is 1. The molecule has 1 unspecified atom stereocenters. The van der Waals surface area contributed by atoms with E-state index < -0.39 is 24.7 Å². The van der Waals surface area contributed by atoms with Gasteiger partial charge in [-0.2, -0.15) is 5.10 Å². The van der Waals surface area contributed by atoms with E-state index in [1.165, 1.54) is 6.92 Å². The number of rotatable bonds is 16. The second-order valence-corrected chi connectivity index (χ2v) is 16.5. The lowest BCUT2D eigenvalue weighted by atomic mass is 9.78. The van der Waals surface area contributed by atoms with Crippen molar-refractivity contribution in [2.45, 2.75) is 78.0 Å². The van der Waals surface area contributed by atoms with Gasteiger partial charge in [-0.25, -0.2) is 9.57 Å². The van der Waals surface area contributed by atoms with Crippen LogP contribution in [-0.2, 0) is 52.1 Å². The lowest BCUT2D eigenvalue weighted by Crippen LogP contribution is -2.43. The van der Waals surface area contributed by atoms with E-state index in [0.717, 1.165) is 39.1 Å². The van der Waals surface area contributed by atoms with Crippen molar-refractivity contribution in [2.24, 2.45) is 5.10 Å². The predicted octanol–water partition coefficient (Wildman–Crippen LogP) is 10.4. The first-order valence-corrected chi connectivity index (χ1v) is 20.3. The molecule has 1 aliphatic heterocycles. The smallest absolute Gasteiger partial charge is 0.466 e. The molecule has 0 fully saturated rings. The maximum atomic E-state index is 14.5. The van der Waals surface area contributed by atoms with Gasteiger partial charge in [-0.1, -0.05) is 141 Å². The van der Waals surface area contributed by atoms with Crippen molar-refractivity contribution in [1.29, 1.82) is 0 Å². The lowest BCUT2D eigenvalue weighted by molar-refractivity contribution is -0.146. The Labute approximate surface area is 329 Å². The average molecular weight is 773 g/mol. The summed E-state index contributed by atoms with van der Waals surface area (Å²) in [5.41, 5.74) is 5.00. The molecule has 0 saturated heterocycles. The summed E-state index contributed by atoms with van der Waals surface area (Å²) in [6.45, 7) is 9.29. The van der Waals surface area contributed by atoms with Gasteiger partial charge in [-0.3, -0.25) is 18.6 Å². The summed E-state index contributed by atoms with van der Waals surface area (Å²) < 4.78 is 38.7. The van der Waals surface area contributed by atoms with E-state index in [1.54, 1.807) is 11.1 Å². The minimum atomic E-state index is -4.21. The van der Waals surface area contributed by atoms with Crippen LogP contribution in [0.25, 0.3) is 0 Å². The van der Waals surface area contributed by atoms with Crippen LogP contribution in [0.5, 0.6) is 5.75 Å². The molecule has 1 heterocycles. The molecular formula is C46H49N2O7P. The minimum absolute atomic E-state index is 0.00612. The van der Waals surface area contributed by atoms with Crippen LogP contribution in [0.4, 0.5) is 0 Å². The lowest BCUT2D eigenvalue weighted by Gasteiger charge is -2.36. The molecule has 56 heavy (non-hydrogen) atoms. The Kier molecular flexibility index (Phi) is 12.7. The highest BCUT2D eigenvalue weighted by Gasteiger charge is 2.46. The number of carbonyl (C=O) groups is 2. The molecule has 0 saturated carbocycles. The second kappa shape index (κ2) is 17.6. The van der Waals surface area contributed by atoms with E-state index in [-0.39, 0.29) is 32.1 Å². The Morgan fingerprint density at radius 3 is 1.88 bits per heavy atom. The number of phosphoric acid groups is 1. The number of aryl methyl sites for hydroxylation is 2. The molecule has 0 N–H and O–H groups in total. The number of ether oxygens (including phenoxy) is 1. The van der Waals surface area contributed by atoms with Crippen molar-refractivity contribution in [3.8, 4) is 5.75 Å². The van der Waals surface area contributed by atoms with Crippen LogP contribution in [0.2, 0.25) is 0 Å². The summed E-state index contributed by atoms with van der Waals surface area (Å²) in [6.07, 6.45) is 0.792. The van der Waals surface area contributed by atoms with Crippen LogP contribution in [0.15, 0.2) is 139 Å². The van der Waals surface area contributed by atoms with Crippen LogP contribution < -0.4 is 4.52 Å². The molecule has 0 spiro atoms. The normalized spacial score (nSPS) is 15.7. The van der Waals surface area contributed by atoms with Crippen molar-refractivity contribution >= 4 is 25.4 Å². The van der Waals surface area contributed by atoms with E-state index in [1.807, 2.05) is 155 Å². The number of nitrogens with zero attached hydrogens (tertiary/aromatic N) is 2. The summed E-state index contributed by atoms with van der Waals surface area (Å²) in [4.78, 5) is 26.9. The first-order chi connectivity index (χ1) is 26.9. The predicted molar refractivity (Wildman–Crippen MR) is 218 cm³/mol. The molecule has 1 aliphatic rings. The van der Waals surface area contributed by atoms with Gasteiger partial charge in [-0.15, -0.1) is 0 Å². The standard InChI is InChI=1S/C46H49N2O7P/c1-34-28-35(2)44(42(29-34)55-56(51,53-32-37-18-10-6-11-19-37)54-33-38-20-12-7-13-21-38)45(4,5)31-43(50)52-27-26-46(40-24-16-9-17-25-40)30-41(47-48(46)36(3)49)39-22-14-8-15-23-39/h6-25,28-29H,26-27,30-33H2,1-5H3. The fourth-order valence-electron chi connectivity index (χ4n) is 7.45. The molecule has 0 aromatic heterocycles. The molecule has 1 atom stereocenters. The third-order valence-corrected chi connectivity index (χ3v) is 11.3. The number of hydrogen-bond donors (Lipinski definition) is 0. The first-order valence-electron chi connectivity index (χ1n) is 18.8. The zero-order valence-electron chi connectivity index (χ0n) is 32.6. The van der Waals surface area contributed by atoms with Gasteiger partial charge in [0.15, 0.2) is 0 Å². The molecule has 0 bridgehead atoms. The zero-order chi connectivity index (χ0) is 39.8. The SMILES string of the molecule is CC(=O)N1N=C(c2ccccc2)CC1(CCOC(=O)CC(C)(C)c1c(C)cc(C)cc1OP(=O)(OCc1ccccc1)OCc1ccccc1)c1ccccc1. The molecule has 0 aliphatic carbocycles. The largest absolute Gasteiger partial charge is 0.530 e. The Morgan fingerprint density at radius 2 is 1.32 bits per heavy atom. The van der Waals surface area contributed by atoms with Crippen LogP contribution in [0, 0.1) is 13.8 Å². The van der Waals surface area contributed by atoms with Crippen LogP contribution >= 0.6 is 7.82 Å². The van der Waals surface area contributed by atoms with E-state index in [4.69, 9.17) is 23.4 Å². The first kappa shape index (κ1) is 40.3. The highest BCUT2D eigenvalue weighted by atomic mass is 31.2. The van der Waals surface area contributed by atoms with Gasteiger partial charge in [0.2, 0.25) is 5.91 Å². The summed E-state index contributed by atoms with van der Waals surface area (Å²) in [5, 5.41) is 6.35. The molecule has 0 radical (unpaired) electrons. The van der Waals surface area contributed by atoms with Crippen molar-refractivity contribution in [3.05, 3.63) is 172 Å². The third kappa shape index (κ3) is 9.72. The van der Waals surface area contributed by atoms with Gasteiger partial charge in [0.25, 0.3) is 0 Å².